The normalized spacial score (nSPS) is 18.9. The number of rotatable bonds is 3. The van der Waals surface area contributed by atoms with E-state index in [0.717, 1.165) is 30.7 Å². The number of carbonyl (C=O) groups excluding carboxylic acids is 2. The monoisotopic (exact) mass is 263 g/mol. The van der Waals surface area contributed by atoms with Gasteiger partial charge in [-0.15, -0.1) is 0 Å². The largest absolute Gasteiger partial charge is 0.466 e. The Morgan fingerprint density at radius 1 is 1.26 bits per heavy atom. The van der Waals surface area contributed by atoms with Crippen LogP contribution < -0.4 is 0 Å². The topological polar surface area (TPSA) is 50.5 Å². The minimum absolute atomic E-state index is 0.00981. The Morgan fingerprint density at radius 3 is 2.47 bits per heavy atom. The number of ketones is 1. The lowest BCUT2D eigenvalue weighted by Gasteiger charge is -2.24. The van der Waals surface area contributed by atoms with Crippen molar-refractivity contribution in [3.8, 4) is 0 Å². The van der Waals surface area contributed by atoms with Gasteiger partial charge in [-0.25, -0.2) is 0 Å². The van der Waals surface area contributed by atoms with E-state index in [9.17, 15) is 9.59 Å². The number of amides is 1. The van der Waals surface area contributed by atoms with Gasteiger partial charge in [-0.2, -0.15) is 0 Å². The summed E-state index contributed by atoms with van der Waals surface area (Å²) >= 11 is 0. The second kappa shape index (κ2) is 5.19. The van der Waals surface area contributed by atoms with E-state index in [2.05, 4.69) is 0 Å². The van der Waals surface area contributed by atoms with E-state index in [1.54, 1.807) is 6.92 Å². The van der Waals surface area contributed by atoms with E-state index in [4.69, 9.17) is 4.42 Å². The van der Waals surface area contributed by atoms with Gasteiger partial charge in [0.05, 0.1) is 5.56 Å². The summed E-state index contributed by atoms with van der Waals surface area (Å²) in [7, 11) is 0. The molecule has 0 aliphatic carbocycles. The minimum Gasteiger partial charge on any atom is -0.466 e. The zero-order valence-electron chi connectivity index (χ0n) is 12.1. The van der Waals surface area contributed by atoms with Crippen LogP contribution in [0.25, 0.3) is 0 Å². The fourth-order valence-corrected chi connectivity index (χ4v) is 2.90. The van der Waals surface area contributed by atoms with Crippen LogP contribution in [0, 0.1) is 20.8 Å². The highest BCUT2D eigenvalue weighted by molar-refractivity contribution is 5.97. The van der Waals surface area contributed by atoms with Crippen LogP contribution in [0.1, 0.15) is 53.6 Å². The van der Waals surface area contributed by atoms with E-state index in [0.29, 0.717) is 17.7 Å². The van der Waals surface area contributed by atoms with Crippen molar-refractivity contribution in [1.29, 1.82) is 0 Å². The lowest BCUT2D eigenvalue weighted by molar-refractivity contribution is -0.117. The molecule has 4 heteroatoms. The number of Topliss-reactive ketones (excluding diaryl/α,β-unsaturated/α-hetero) is 1. The molecule has 1 aliphatic rings. The van der Waals surface area contributed by atoms with Crippen LogP contribution >= 0.6 is 0 Å². The van der Waals surface area contributed by atoms with Crippen LogP contribution in [-0.2, 0) is 4.79 Å². The second-order valence-corrected chi connectivity index (χ2v) is 5.42. The zero-order valence-corrected chi connectivity index (χ0v) is 12.1. The number of hydrogen-bond acceptors (Lipinski definition) is 3. The average molecular weight is 263 g/mol. The lowest BCUT2D eigenvalue weighted by Crippen LogP contribution is -2.37. The predicted molar refractivity (Wildman–Crippen MR) is 72.3 cm³/mol. The molecule has 1 fully saturated rings. The molecule has 0 spiro atoms. The molecule has 104 valence electrons. The fourth-order valence-electron chi connectivity index (χ4n) is 2.90. The van der Waals surface area contributed by atoms with Crippen LogP contribution in [-0.4, -0.2) is 29.2 Å². The third kappa shape index (κ3) is 2.57. The van der Waals surface area contributed by atoms with Gasteiger partial charge in [0, 0.05) is 24.6 Å². The highest BCUT2D eigenvalue weighted by Crippen LogP contribution is 2.27. The number of nitrogens with zero attached hydrogens (tertiary/aromatic N) is 1. The number of hydrogen-bond donors (Lipinski definition) is 0. The Hall–Kier alpha value is -1.58. The molecule has 1 unspecified atom stereocenters. The molecule has 19 heavy (non-hydrogen) atoms. The van der Waals surface area contributed by atoms with Crippen molar-refractivity contribution in [2.45, 2.75) is 53.0 Å². The summed E-state index contributed by atoms with van der Waals surface area (Å²) < 4.78 is 5.53. The van der Waals surface area contributed by atoms with Crippen molar-refractivity contribution >= 4 is 11.7 Å². The molecule has 1 aromatic heterocycles. The number of aryl methyl sites for hydroxylation is 2. The van der Waals surface area contributed by atoms with Crippen LogP contribution in [0.5, 0.6) is 0 Å². The van der Waals surface area contributed by atoms with E-state index >= 15 is 0 Å². The fraction of sp³-hybridized carbons (Fsp3) is 0.600. The molecule has 1 amide bonds. The molecule has 4 nitrogen and oxygen atoms in total. The number of likely N-dealkylation sites (tertiary alicyclic amines) is 1. The molecule has 2 rings (SSSR count). The highest BCUT2D eigenvalue weighted by Gasteiger charge is 2.32. The Morgan fingerprint density at radius 2 is 1.95 bits per heavy atom. The van der Waals surface area contributed by atoms with Crippen molar-refractivity contribution in [3.05, 3.63) is 22.6 Å². The van der Waals surface area contributed by atoms with Gasteiger partial charge in [0.25, 0.3) is 5.91 Å². The molecule has 1 atom stereocenters. The molecule has 2 heterocycles. The first-order chi connectivity index (χ1) is 8.91. The van der Waals surface area contributed by atoms with Gasteiger partial charge in [-0.1, -0.05) is 0 Å². The molecule has 0 radical (unpaired) electrons. The van der Waals surface area contributed by atoms with E-state index in [-0.39, 0.29) is 17.7 Å². The average Bonchev–Trinajstić information content (AvgIpc) is 2.84. The Kier molecular flexibility index (Phi) is 3.78. The third-order valence-electron chi connectivity index (χ3n) is 3.94. The maximum Gasteiger partial charge on any atom is 0.257 e. The number of carbonyl (C=O) groups is 2. The first-order valence-corrected chi connectivity index (χ1v) is 6.78. The van der Waals surface area contributed by atoms with Crippen LogP contribution in [0.3, 0.4) is 0 Å². The molecule has 1 aromatic rings. The van der Waals surface area contributed by atoms with Gasteiger partial charge in [0.2, 0.25) is 0 Å². The van der Waals surface area contributed by atoms with Crippen molar-refractivity contribution in [2.75, 3.05) is 6.54 Å². The summed E-state index contributed by atoms with van der Waals surface area (Å²) in [5.74, 6) is 1.62. The summed E-state index contributed by atoms with van der Waals surface area (Å²) in [5, 5.41) is 0. The van der Waals surface area contributed by atoms with Gasteiger partial charge in [-0.3, -0.25) is 9.59 Å². The van der Waals surface area contributed by atoms with E-state index < -0.39 is 0 Å². The van der Waals surface area contributed by atoms with Crippen molar-refractivity contribution in [2.24, 2.45) is 0 Å². The van der Waals surface area contributed by atoms with E-state index in [1.807, 2.05) is 25.7 Å². The highest BCUT2D eigenvalue weighted by atomic mass is 16.3. The van der Waals surface area contributed by atoms with E-state index in [1.165, 1.54) is 0 Å². The molecular formula is C15H21NO3. The smallest absolute Gasteiger partial charge is 0.257 e. The molecule has 0 N–H and O–H groups in total. The quantitative estimate of drug-likeness (QED) is 0.842. The Bertz CT molecular complexity index is 516. The minimum atomic E-state index is 0.00981. The summed E-state index contributed by atoms with van der Waals surface area (Å²) in [5.41, 5.74) is 1.59. The third-order valence-corrected chi connectivity index (χ3v) is 3.94. The predicted octanol–water partition coefficient (Wildman–Crippen LogP) is 2.79. The lowest BCUT2D eigenvalue weighted by atomic mass is 10.1. The maximum absolute atomic E-state index is 12.6. The standard InChI is InChI=1S/C15H21NO3/c1-9(17)8-13-6-5-7-16(13)15(18)14-10(2)11(3)19-12(14)4/h13H,5-8H2,1-4H3. The first kappa shape index (κ1) is 13.8. The van der Waals surface area contributed by atoms with Gasteiger partial charge in [0.15, 0.2) is 0 Å². The van der Waals surface area contributed by atoms with Gasteiger partial charge in [-0.05, 0) is 40.5 Å². The molecule has 0 aromatic carbocycles. The summed E-state index contributed by atoms with van der Waals surface area (Å²) in [6.07, 6.45) is 2.35. The van der Waals surface area contributed by atoms with Gasteiger partial charge in [0.1, 0.15) is 17.3 Å². The van der Waals surface area contributed by atoms with Gasteiger partial charge < -0.3 is 9.32 Å². The Balaban J connectivity index is 2.25. The summed E-state index contributed by atoms with van der Waals surface area (Å²) in [6, 6.07) is 0.0546. The summed E-state index contributed by atoms with van der Waals surface area (Å²) in [6.45, 7) is 7.92. The molecule has 0 bridgehead atoms. The zero-order chi connectivity index (χ0) is 14.2. The van der Waals surface area contributed by atoms with Gasteiger partial charge >= 0.3 is 0 Å². The summed E-state index contributed by atoms with van der Waals surface area (Å²) in [4.78, 5) is 25.8. The molecular weight excluding hydrogens is 242 g/mol. The molecule has 0 saturated carbocycles. The molecule has 1 aliphatic heterocycles. The van der Waals surface area contributed by atoms with Crippen molar-refractivity contribution < 1.29 is 14.0 Å². The Labute approximate surface area is 113 Å². The maximum atomic E-state index is 12.6. The first-order valence-electron chi connectivity index (χ1n) is 6.78. The number of furan rings is 1. The SMILES string of the molecule is CC(=O)CC1CCCN1C(=O)c1c(C)oc(C)c1C. The molecule has 1 saturated heterocycles. The van der Waals surface area contributed by atoms with Crippen molar-refractivity contribution in [3.63, 3.8) is 0 Å². The van der Waals surface area contributed by atoms with Crippen molar-refractivity contribution in [1.82, 2.24) is 4.90 Å². The van der Waals surface area contributed by atoms with Crippen LogP contribution in [0.2, 0.25) is 0 Å². The van der Waals surface area contributed by atoms with Crippen LogP contribution in [0.15, 0.2) is 4.42 Å². The van der Waals surface area contributed by atoms with Crippen LogP contribution in [0.4, 0.5) is 0 Å². The second-order valence-electron chi connectivity index (χ2n) is 5.42.